The van der Waals surface area contributed by atoms with E-state index in [1.165, 1.54) is 5.56 Å². The van der Waals surface area contributed by atoms with Crippen molar-refractivity contribution in [1.82, 2.24) is 10.5 Å². The summed E-state index contributed by atoms with van der Waals surface area (Å²) in [4.78, 5) is 0. The molecule has 0 amide bonds. The van der Waals surface area contributed by atoms with Crippen molar-refractivity contribution >= 4 is 0 Å². The summed E-state index contributed by atoms with van der Waals surface area (Å²) in [6.07, 6.45) is 0. The van der Waals surface area contributed by atoms with Crippen molar-refractivity contribution in [3.05, 3.63) is 47.3 Å². The highest BCUT2D eigenvalue weighted by atomic mass is 16.5. The Morgan fingerprint density at radius 1 is 1.22 bits per heavy atom. The van der Waals surface area contributed by atoms with E-state index in [-0.39, 0.29) is 0 Å². The first-order valence-electron chi connectivity index (χ1n) is 6.12. The molecule has 4 nitrogen and oxygen atoms in total. The Morgan fingerprint density at radius 3 is 2.61 bits per heavy atom. The molecule has 1 aromatic carbocycles. The molecular formula is C14H18N2O2. The lowest BCUT2D eigenvalue weighted by Crippen LogP contribution is -2.12. The monoisotopic (exact) mass is 246 g/mol. The van der Waals surface area contributed by atoms with E-state index in [2.05, 4.69) is 22.6 Å². The molecule has 0 aliphatic heterocycles. The second-order valence-electron chi connectivity index (χ2n) is 4.11. The smallest absolute Gasteiger partial charge is 0.133 e. The number of hydrogen-bond donors (Lipinski definition) is 1. The maximum absolute atomic E-state index is 5.39. The summed E-state index contributed by atoms with van der Waals surface area (Å²) >= 11 is 0. The zero-order valence-electron chi connectivity index (χ0n) is 10.8. The summed E-state index contributed by atoms with van der Waals surface area (Å²) in [7, 11) is 0. The Labute approximate surface area is 107 Å². The molecule has 0 radical (unpaired) electrons. The van der Waals surface area contributed by atoms with Crippen LogP contribution in [0.15, 0.2) is 34.9 Å². The molecule has 96 valence electrons. The maximum Gasteiger partial charge on any atom is 0.133 e. The standard InChI is InChI=1S/C14H18N2O2/c1-3-17-14-6-4-12(5-7-14)9-15-10-13-8-11(2)18-16-13/h4-8,15H,3,9-10H2,1-2H3. The second-order valence-corrected chi connectivity index (χ2v) is 4.11. The molecule has 2 aromatic rings. The van der Waals surface area contributed by atoms with Gasteiger partial charge in [0.2, 0.25) is 0 Å². The quantitative estimate of drug-likeness (QED) is 0.851. The molecule has 0 aliphatic carbocycles. The van der Waals surface area contributed by atoms with E-state index in [1.54, 1.807) is 0 Å². The molecule has 0 saturated heterocycles. The van der Waals surface area contributed by atoms with E-state index in [0.29, 0.717) is 13.2 Å². The van der Waals surface area contributed by atoms with E-state index < -0.39 is 0 Å². The van der Waals surface area contributed by atoms with Gasteiger partial charge >= 0.3 is 0 Å². The molecule has 2 rings (SSSR count). The third-order valence-electron chi connectivity index (χ3n) is 2.55. The van der Waals surface area contributed by atoms with E-state index in [9.17, 15) is 0 Å². The summed E-state index contributed by atoms with van der Waals surface area (Å²) in [6.45, 7) is 6.09. The predicted molar refractivity (Wildman–Crippen MR) is 69.4 cm³/mol. The van der Waals surface area contributed by atoms with Crippen LogP contribution in [0.3, 0.4) is 0 Å². The molecule has 0 spiro atoms. The Bertz CT molecular complexity index is 477. The van der Waals surface area contributed by atoms with Crippen molar-refractivity contribution in [2.45, 2.75) is 26.9 Å². The molecule has 0 bridgehead atoms. The molecule has 1 N–H and O–H groups in total. The van der Waals surface area contributed by atoms with Crippen molar-refractivity contribution < 1.29 is 9.26 Å². The van der Waals surface area contributed by atoms with Crippen LogP contribution >= 0.6 is 0 Å². The van der Waals surface area contributed by atoms with Gasteiger partial charge in [-0.2, -0.15) is 0 Å². The number of nitrogens with zero attached hydrogens (tertiary/aromatic N) is 1. The van der Waals surface area contributed by atoms with Crippen molar-refractivity contribution in [3.8, 4) is 5.75 Å². The SMILES string of the molecule is CCOc1ccc(CNCc2cc(C)on2)cc1. The zero-order chi connectivity index (χ0) is 12.8. The van der Waals surface area contributed by atoms with Crippen molar-refractivity contribution in [2.75, 3.05) is 6.61 Å². The van der Waals surface area contributed by atoms with Crippen LogP contribution in [0.5, 0.6) is 5.75 Å². The van der Waals surface area contributed by atoms with Crippen LogP contribution in [0.25, 0.3) is 0 Å². The Morgan fingerprint density at radius 2 is 2.00 bits per heavy atom. The average Bonchev–Trinajstić information content (AvgIpc) is 2.78. The van der Waals surface area contributed by atoms with Crippen LogP contribution in [-0.4, -0.2) is 11.8 Å². The summed E-state index contributed by atoms with van der Waals surface area (Å²) in [6, 6.07) is 10.0. The van der Waals surface area contributed by atoms with Crippen molar-refractivity contribution in [3.63, 3.8) is 0 Å². The minimum Gasteiger partial charge on any atom is -0.494 e. The molecule has 0 aliphatic rings. The fraction of sp³-hybridized carbons (Fsp3) is 0.357. The molecule has 0 unspecified atom stereocenters. The fourth-order valence-corrected chi connectivity index (χ4v) is 1.71. The first kappa shape index (κ1) is 12.6. The van der Waals surface area contributed by atoms with Gasteiger partial charge in [0.15, 0.2) is 0 Å². The van der Waals surface area contributed by atoms with Gasteiger partial charge in [0.1, 0.15) is 11.5 Å². The van der Waals surface area contributed by atoms with Crippen molar-refractivity contribution in [2.24, 2.45) is 0 Å². The van der Waals surface area contributed by atoms with Gasteiger partial charge in [-0.25, -0.2) is 0 Å². The first-order valence-corrected chi connectivity index (χ1v) is 6.12. The van der Waals surface area contributed by atoms with Crippen LogP contribution in [0, 0.1) is 6.92 Å². The zero-order valence-corrected chi connectivity index (χ0v) is 10.8. The molecule has 1 heterocycles. The van der Waals surface area contributed by atoms with Gasteiger partial charge < -0.3 is 14.6 Å². The van der Waals surface area contributed by atoms with E-state index >= 15 is 0 Å². The van der Waals surface area contributed by atoms with Crippen LogP contribution in [0.1, 0.15) is 23.9 Å². The third kappa shape index (κ3) is 3.60. The molecule has 18 heavy (non-hydrogen) atoms. The van der Waals surface area contributed by atoms with Crippen molar-refractivity contribution in [1.29, 1.82) is 0 Å². The van der Waals surface area contributed by atoms with Gasteiger partial charge in [0.25, 0.3) is 0 Å². The average molecular weight is 246 g/mol. The minimum atomic E-state index is 0.698. The van der Waals surface area contributed by atoms with Gasteiger partial charge in [-0.1, -0.05) is 17.3 Å². The highest BCUT2D eigenvalue weighted by Gasteiger charge is 2.00. The fourth-order valence-electron chi connectivity index (χ4n) is 1.71. The maximum atomic E-state index is 5.39. The lowest BCUT2D eigenvalue weighted by atomic mass is 10.2. The number of hydrogen-bond acceptors (Lipinski definition) is 4. The Hall–Kier alpha value is -1.81. The van der Waals surface area contributed by atoms with Gasteiger partial charge in [0.05, 0.1) is 12.3 Å². The predicted octanol–water partition coefficient (Wildman–Crippen LogP) is 2.67. The molecule has 0 saturated carbocycles. The van der Waals surface area contributed by atoms with Crippen LogP contribution < -0.4 is 10.1 Å². The third-order valence-corrected chi connectivity index (χ3v) is 2.55. The largest absolute Gasteiger partial charge is 0.494 e. The summed E-state index contributed by atoms with van der Waals surface area (Å²) < 4.78 is 10.4. The highest BCUT2D eigenvalue weighted by molar-refractivity contribution is 5.27. The summed E-state index contributed by atoms with van der Waals surface area (Å²) in [5, 5.41) is 7.25. The van der Waals surface area contributed by atoms with Gasteiger partial charge in [-0.15, -0.1) is 0 Å². The number of ether oxygens (including phenoxy) is 1. The van der Waals surface area contributed by atoms with Gasteiger partial charge in [0, 0.05) is 19.2 Å². The van der Waals surface area contributed by atoms with E-state index in [4.69, 9.17) is 9.26 Å². The van der Waals surface area contributed by atoms with Crippen LogP contribution in [0.4, 0.5) is 0 Å². The highest BCUT2D eigenvalue weighted by Crippen LogP contribution is 2.12. The number of aryl methyl sites for hydroxylation is 1. The molecular weight excluding hydrogens is 228 g/mol. The molecule has 4 heteroatoms. The van der Waals surface area contributed by atoms with E-state index in [0.717, 1.165) is 23.7 Å². The Balaban J connectivity index is 1.79. The topological polar surface area (TPSA) is 47.3 Å². The van der Waals surface area contributed by atoms with Crippen LogP contribution in [-0.2, 0) is 13.1 Å². The number of nitrogens with one attached hydrogen (secondary N) is 1. The lowest BCUT2D eigenvalue weighted by molar-refractivity contribution is 0.340. The lowest BCUT2D eigenvalue weighted by Gasteiger charge is -2.05. The number of benzene rings is 1. The molecule has 0 atom stereocenters. The van der Waals surface area contributed by atoms with E-state index in [1.807, 2.05) is 32.0 Å². The van der Waals surface area contributed by atoms with Gasteiger partial charge in [-0.3, -0.25) is 0 Å². The molecule has 0 fully saturated rings. The normalized spacial score (nSPS) is 10.6. The van der Waals surface area contributed by atoms with Crippen LogP contribution in [0.2, 0.25) is 0 Å². The summed E-state index contributed by atoms with van der Waals surface area (Å²) in [5.74, 6) is 1.75. The first-order chi connectivity index (χ1) is 8.78. The minimum absolute atomic E-state index is 0.698. The second kappa shape index (κ2) is 6.21. The number of rotatable bonds is 6. The Kier molecular flexibility index (Phi) is 4.36. The molecule has 1 aromatic heterocycles. The summed E-state index contributed by atoms with van der Waals surface area (Å²) in [5.41, 5.74) is 2.15. The van der Waals surface area contributed by atoms with Gasteiger partial charge in [-0.05, 0) is 31.5 Å². The number of aromatic nitrogens is 1.